The molecule has 2 aromatic carbocycles. The van der Waals surface area contributed by atoms with Gasteiger partial charge in [0, 0.05) is 31.4 Å². The van der Waals surface area contributed by atoms with Crippen molar-refractivity contribution in [2.45, 2.75) is 19.5 Å². The van der Waals surface area contributed by atoms with Crippen LogP contribution in [0.2, 0.25) is 0 Å². The molecule has 0 aliphatic heterocycles. The highest BCUT2D eigenvalue weighted by molar-refractivity contribution is 5.92. The molecule has 0 saturated carbocycles. The number of amides is 1. The Labute approximate surface area is 151 Å². The fraction of sp³-hybridized carbons (Fsp3) is 0.150. The minimum atomic E-state index is -0.444. The second-order valence-corrected chi connectivity index (χ2v) is 5.93. The summed E-state index contributed by atoms with van der Waals surface area (Å²) in [5.74, 6) is -0.199. The summed E-state index contributed by atoms with van der Waals surface area (Å²) in [5.41, 5.74) is 2.49. The number of carbonyl (C=O) groups excluding carboxylic acids is 1. The molecule has 3 rings (SSSR count). The monoisotopic (exact) mass is 349 g/mol. The number of nitro groups is 1. The second-order valence-electron chi connectivity index (χ2n) is 5.93. The first-order valence-electron chi connectivity index (χ1n) is 8.34. The van der Waals surface area contributed by atoms with Gasteiger partial charge in [-0.1, -0.05) is 42.5 Å². The van der Waals surface area contributed by atoms with E-state index < -0.39 is 4.92 Å². The van der Waals surface area contributed by atoms with Gasteiger partial charge in [-0.15, -0.1) is 0 Å². The number of benzene rings is 2. The average molecular weight is 349 g/mol. The Balaban J connectivity index is 1.61. The van der Waals surface area contributed by atoms with Crippen LogP contribution in [0.1, 0.15) is 21.6 Å². The minimum Gasteiger partial charge on any atom is -0.347 e. The Morgan fingerprint density at radius 2 is 1.77 bits per heavy atom. The highest BCUT2D eigenvalue weighted by Gasteiger charge is 2.11. The first kappa shape index (κ1) is 17.4. The Kier molecular flexibility index (Phi) is 5.43. The first-order chi connectivity index (χ1) is 12.6. The largest absolute Gasteiger partial charge is 0.347 e. The summed E-state index contributed by atoms with van der Waals surface area (Å²) >= 11 is 0. The zero-order valence-corrected chi connectivity index (χ0v) is 14.2. The van der Waals surface area contributed by atoms with E-state index >= 15 is 0 Å². The van der Waals surface area contributed by atoms with Gasteiger partial charge in [0.05, 0.1) is 4.92 Å². The number of hydrogen-bond acceptors (Lipinski definition) is 3. The average Bonchev–Trinajstić information content (AvgIpc) is 3.14. The predicted molar refractivity (Wildman–Crippen MR) is 98.8 cm³/mol. The van der Waals surface area contributed by atoms with Gasteiger partial charge in [0.2, 0.25) is 0 Å². The molecule has 6 nitrogen and oxygen atoms in total. The third-order valence-electron chi connectivity index (χ3n) is 4.12. The van der Waals surface area contributed by atoms with E-state index in [1.54, 1.807) is 18.2 Å². The SMILES string of the molecule is O=C(NCc1cccc([N+](=O)[O-])c1)c1cccn1CCc1ccccc1. The molecule has 132 valence electrons. The highest BCUT2D eigenvalue weighted by atomic mass is 16.6. The van der Waals surface area contributed by atoms with E-state index in [0.717, 1.165) is 6.42 Å². The van der Waals surface area contributed by atoms with E-state index in [-0.39, 0.29) is 18.1 Å². The van der Waals surface area contributed by atoms with Crippen molar-refractivity contribution in [1.82, 2.24) is 9.88 Å². The molecule has 1 N–H and O–H groups in total. The second kappa shape index (κ2) is 8.11. The molecular weight excluding hydrogens is 330 g/mol. The molecule has 0 bridgehead atoms. The van der Waals surface area contributed by atoms with E-state index in [2.05, 4.69) is 17.4 Å². The predicted octanol–water partition coefficient (Wildman–Crippen LogP) is 3.57. The quantitative estimate of drug-likeness (QED) is 0.523. The lowest BCUT2D eigenvalue weighted by atomic mass is 10.1. The third-order valence-corrected chi connectivity index (χ3v) is 4.12. The van der Waals surface area contributed by atoms with Gasteiger partial charge in [-0.25, -0.2) is 0 Å². The van der Waals surface area contributed by atoms with Crippen LogP contribution in [0.4, 0.5) is 5.69 Å². The van der Waals surface area contributed by atoms with E-state index in [1.807, 2.05) is 35.0 Å². The Hall–Kier alpha value is -3.41. The number of nitrogens with one attached hydrogen (secondary N) is 1. The van der Waals surface area contributed by atoms with Crippen LogP contribution >= 0.6 is 0 Å². The molecule has 0 atom stereocenters. The summed E-state index contributed by atoms with van der Waals surface area (Å²) in [6.07, 6.45) is 2.71. The number of aryl methyl sites for hydroxylation is 2. The topological polar surface area (TPSA) is 77.2 Å². The highest BCUT2D eigenvalue weighted by Crippen LogP contribution is 2.13. The van der Waals surface area contributed by atoms with Crippen LogP contribution in [0.25, 0.3) is 0 Å². The molecule has 1 amide bonds. The molecule has 0 fully saturated rings. The normalized spacial score (nSPS) is 10.5. The van der Waals surface area contributed by atoms with Gasteiger partial charge >= 0.3 is 0 Å². The lowest BCUT2D eigenvalue weighted by Crippen LogP contribution is -2.25. The maximum atomic E-state index is 12.5. The number of carbonyl (C=O) groups is 1. The maximum Gasteiger partial charge on any atom is 0.269 e. The lowest BCUT2D eigenvalue weighted by molar-refractivity contribution is -0.384. The smallest absolute Gasteiger partial charge is 0.269 e. The molecule has 0 radical (unpaired) electrons. The van der Waals surface area contributed by atoms with Gasteiger partial charge in [-0.05, 0) is 29.7 Å². The summed E-state index contributed by atoms with van der Waals surface area (Å²) in [7, 11) is 0. The molecule has 26 heavy (non-hydrogen) atoms. The third kappa shape index (κ3) is 4.36. The number of non-ortho nitro benzene ring substituents is 1. The maximum absolute atomic E-state index is 12.5. The summed E-state index contributed by atoms with van der Waals surface area (Å²) in [6.45, 7) is 0.945. The molecule has 0 aliphatic carbocycles. The van der Waals surface area contributed by atoms with Crippen molar-refractivity contribution in [2.24, 2.45) is 0 Å². The van der Waals surface area contributed by atoms with E-state index in [4.69, 9.17) is 0 Å². The van der Waals surface area contributed by atoms with Crippen LogP contribution in [-0.4, -0.2) is 15.4 Å². The number of rotatable bonds is 7. The summed E-state index contributed by atoms with van der Waals surface area (Å²) < 4.78 is 1.91. The van der Waals surface area contributed by atoms with Crippen molar-refractivity contribution in [3.8, 4) is 0 Å². The number of aromatic nitrogens is 1. The van der Waals surface area contributed by atoms with Gasteiger partial charge in [0.15, 0.2) is 0 Å². The molecule has 0 unspecified atom stereocenters. The number of nitro benzene ring substituents is 1. The van der Waals surface area contributed by atoms with Crippen LogP contribution in [0.15, 0.2) is 72.9 Å². The molecule has 0 saturated heterocycles. The van der Waals surface area contributed by atoms with Gasteiger partial charge in [0.25, 0.3) is 11.6 Å². The molecule has 0 aliphatic rings. The fourth-order valence-electron chi connectivity index (χ4n) is 2.76. The van der Waals surface area contributed by atoms with E-state index in [0.29, 0.717) is 17.8 Å². The van der Waals surface area contributed by atoms with Crippen molar-refractivity contribution in [1.29, 1.82) is 0 Å². The van der Waals surface area contributed by atoms with Crippen LogP contribution in [-0.2, 0) is 19.5 Å². The molecule has 0 spiro atoms. The van der Waals surface area contributed by atoms with Crippen molar-refractivity contribution in [3.63, 3.8) is 0 Å². The molecule has 6 heteroatoms. The van der Waals surface area contributed by atoms with E-state index in [9.17, 15) is 14.9 Å². The van der Waals surface area contributed by atoms with Gasteiger partial charge < -0.3 is 9.88 Å². The van der Waals surface area contributed by atoms with E-state index in [1.165, 1.54) is 17.7 Å². The number of hydrogen-bond donors (Lipinski definition) is 1. The standard InChI is InChI=1S/C20H19N3O3/c24-20(21-15-17-8-4-9-18(14-17)23(25)26)19-10-5-12-22(19)13-11-16-6-2-1-3-7-16/h1-10,12,14H,11,13,15H2,(H,21,24). The Bertz CT molecular complexity index is 903. The van der Waals surface area contributed by atoms with Gasteiger partial charge in [-0.3, -0.25) is 14.9 Å². The minimum absolute atomic E-state index is 0.0167. The van der Waals surface area contributed by atoms with Gasteiger partial charge in [-0.2, -0.15) is 0 Å². The Morgan fingerprint density at radius 3 is 2.54 bits per heavy atom. The summed E-state index contributed by atoms with van der Waals surface area (Å²) in [6, 6.07) is 20.0. The summed E-state index contributed by atoms with van der Waals surface area (Å²) in [5, 5.41) is 13.7. The first-order valence-corrected chi connectivity index (χ1v) is 8.34. The zero-order chi connectivity index (χ0) is 18.4. The van der Waals surface area contributed by atoms with Crippen LogP contribution in [0.5, 0.6) is 0 Å². The van der Waals surface area contributed by atoms with Crippen molar-refractivity contribution in [2.75, 3.05) is 0 Å². The Morgan fingerprint density at radius 1 is 1.00 bits per heavy atom. The van der Waals surface area contributed by atoms with Crippen LogP contribution in [0, 0.1) is 10.1 Å². The zero-order valence-electron chi connectivity index (χ0n) is 14.2. The molecular formula is C20H19N3O3. The van der Waals surface area contributed by atoms with Crippen molar-refractivity contribution >= 4 is 11.6 Å². The van der Waals surface area contributed by atoms with Crippen LogP contribution in [0.3, 0.4) is 0 Å². The molecule has 3 aromatic rings. The van der Waals surface area contributed by atoms with Crippen molar-refractivity contribution < 1.29 is 9.72 Å². The van der Waals surface area contributed by atoms with Crippen LogP contribution < -0.4 is 5.32 Å². The number of nitrogens with zero attached hydrogens (tertiary/aromatic N) is 2. The molecule has 1 heterocycles. The van der Waals surface area contributed by atoms with Gasteiger partial charge in [0.1, 0.15) is 5.69 Å². The summed E-state index contributed by atoms with van der Waals surface area (Å²) in [4.78, 5) is 22.8. The fourth-order valence-corrected chi connectivity index (χ4v) is 2.76. The lowest BCUT2D eigenvalue weighted by Gasteiger charge is -2.10. The molecule has 1 aromatic heterocycles. The van der Waals surface area contributed by atoms with Crippen molar-refractivity contribution in [3.05, 3.63) is 99.9 Å².